The summed E-state index contributed by atoms with van der Waals surface area (Å²) in [6.45, 7) is 0. The number of carbonyl (C=O) groups is 1. The summed E-state index contributed by atoms with van der Waals surface area (Å²) in [6, 6.07) is 5.10. The first-order valence-electron chi connectivity index (χ1n) is 3.80. The first kappa shape index (κ1) is 9.37. The third-order valence-corrected chi connectivity index (χ3v) is 2.64. The monoisotopic (exact) mass is 229 g/mol. The van der Waals surface area contributed by atoms with Gasteiger partial charge in [0.15, 0.2) is 0 Å². The number of nitrogens with one attached hydrogen (secondary N) is 1. The van der Waals surface area contributed by atoms with E-state index in [1.807, 2.05) is 0 Å². The summed E-state index contributed by atoms with van der Waals surface area (Å²) in [5, 5.41) is 10.1. The Labute approximate surface area is 89.2 Å². The Hall–Kier alpha value is -1.19. The SMILES string of the molecule is O=C(O)c1[nH]c2c(Cl)cccc2c1Cl. The molecule has 5 heteroatoms. The van der Waals surface area contributed by atoms with Crippen LogP contribution in [0.2, 0.25) is 10.0 Å². The van der Waals surface area contributed by atoms with Crippen LogP contribution in [-0.2, 0) is 0 Å². The van der Waals surface area contributed by atoms with Gasteiger partial charge in [-0.05, 0) is 6.07 Å². The molecular weight excluding hydrogens is 225 g/mol. The molecule has 0 aliphatic rings. The number of aromatic carboxylic acids is 1. The van der Waals surface area contributed by atoms with Crippen molar-refractivity contribution in [2.24, 2.45) is 0 Å². The number of rotatable bonds is 1. The van der Waals surface area contributed by atoms with Crippen molar-refractivity contribution in [1.29, 1.82) is 0 Å². The summed E-state index contributed by atoms with van der Waals surface area (Å²) in [5.41, 5.74) is 0.520. The zero-order valence-corrected chi connectivity index (χ0v) is 8.36. The van der Waals surface area contributed by atoms with Gasteiger partial charge in [-0.25, -0.2) is 4.79 Å². The molecule has 1 aromatic heterocycles. The number of carboxylic acids is 1. The van der Waals surface area contributed by atoms with Crippen molar-refractivity contribution in [3.63, 3.8) is 0 Å². The summed E-state index contributed by atoms with van der Waals surface area (Å²) in [6.07, 6.45) is 0. The van der Waals surface area contributed by atoms with Gasteiger partial charge in [0.05, 0.1) is 15.6 Å². The number of hydrogen-bond acceptors (Lipinski definition) is 1. The van der Waals surface area contributed by atoms with Crippen molar-refractivity contribution in [3.8, 4) is 0 Å². The number of fused-ring (bicyclic) bond motifs is 1. The van der Waals surface area contributed by atoms with E-state index in [2.05, 4.69) is 4.98 Å². The first-order valence-corrected chi connectivity index (χ1v) is 4.56. The van der Waals surface area contributed by atoms with Crippen LogP contribution in [0.4, 0.5) is 0 Å². The molecule has 2 rings (SSSR count). The molecular formula is C9H5Cl2NO2. The highest BCUT2D eigenvalue weighted by molar-refractivity contribution is 6.41. The van der Waals surface area contributed by atoms with E-state index in [0.717, 1.165) is 0 Å². The third-order valence-electron chi connectivity index (χ3n) is 1.93. The fourth-order valence-corrected chi connectivity index (χ4v) is 1.80. The zero-order valence-electron chi connectivity index (χ0n) is 6.84. The van der Waals surface area contributed by atoms with Gasteiger partial charge in [0, 0.05) is 5.39 Å². The van der Waals surface area contributed by atoms with Crippen molar-refractivity contribution >= 4 is 40.1 Å². The minimum atomic E-state index is -1.10. The average Bonchev–Trinajstić information content (AvgIpc) is 2.46. The second-order valence-electron chi connectivity index (χ2n) is 2.78. The molecule has 0 radical (unpaired) electrons. The van der Waals surface area contributed by atoms with Gasteiger partial charge in [-0.1, -0.05) is 35.3 Å². The third kappa shape index (κ3) is 1.25. The highest BCUT2D eigenvalue weighted by Gasteiger charge is 2.16. The number of para-hydroxylation sites is 1. The van der Waals surface area contributed by atoms with Crippen molar-refractivity contribution < 1.29 is 9.90 Å². The number of carboxylic acid groups (broad SMARTS) is 1. The van der Waals surface area contributed by atoms with Gasteiger partial charge in [-0.3, -0.25) is 0 Å². The van der Waals surface area contributed by atoms with E-state index in [9.17, 15) is 4.79 Å². The Morgan fingerprint density at radius 2 is 2.07 bits per heavy atom. The molecule has 2 aromatic rings. The molecule has 0 aliphatic heterocycles. The molecule has 0 atom stereocenters. The fourth-order valence-electron chi connectivity index (χ4n) is 1.30. The molecule has 0 aliphatic carbocycles. The van der Waals surface area contributed by atoms with Crippen LogP contribution >= 0.6 is 23.2 Å². The molecule has 14 heavy (non-hydrogen) atoms. The van der Waals surface area contributed by atoms with Gasteiger partial charge in [-0.15, -0.1) is 0 Å². The highest BCUT2D eigenvalue weighted by Crippen LogP contribution is 2.31. The van der Waals surface area contributed by atoms with Gasteiger partial charge in [-0.2, -0.15) is 0 Å². The summed E-state index contributed by atoms with van der Waals surface area (Å²) in [5.74, 6) is -1.10. The van der Waals surface area contributed by atoms with Crippen molar-refractivity contribution in [2.75, 3.05) is 0 Å². The van der Waals surface area contributed by atoms with Crippen LogP contribution < -0.4 is 0 Å². The van der Waals surface area contributed by atoms with Gasteiger partial charge in [0.2, 0.25) is 0 Å². The molecule has 0 bridgehead atoms. The summed E-state index contributed by atoms with van der Waals surface area (Å²) < 4.78 is 0. The predicted octanol–water partition coefficient (Wildman–Crippen LogP) is 3.17. The largest absolute Gasteiger partial charge is 0.477 e. The zero-order chi connectivity index (χ0) is 10.3. The molecule has 0 unspecified atom stereocenters. The molecule has 3 nitrogen and oxygen atoms in total. The number of H-pyrrole nitrogens is 1. The molecule has 0 amide bonds. The lowest BCUT2D eigenvalue weighted by Gasteiger charge is -1.91. The molecule has 1 aromatic carbocycles. The van der Waals surface area contributed by atoms with E-state index in [-0.39, 0.29) is 10.7 Å². The minimum absolute atomic E-state index is 0.0326. The van der Waals surface area contributed by atoms with Crippen molar-refractivity contribution in [1.82, 2.24) is 4.98 Å². The van der Waals surface area contributed by atoms with Crippen LogP contribution in [-0.4, -0.2) is 16.1 Å². The molecule has 1 heterocycles. The normalized spacial score (nSPS) is 10.7. The topological polar surface area (TPSA) is 53.1 Å². The maximum atomic E-state index is 10.7. The van der Waals surface area contributed by atoms with E-state index in [0.29, 0.717) is 15.9 Å². The lowest BCUT2D eigenvalue weighted by atomic mass is 10.2. The Balaban J connectivity index is 2.86. The predicted molar refractivity (Wildman–Crippen MR) is 55.3 cm³/mol. The maximum Gasteiger partial charge on any atom is 0.353 e. The highest BCUT2D eigenvalue weighted by atomic mass is 35.5. The number of aromatic amines is 1. The van der Waals surface area contributed by atoms with Crippen molar-refractivity contribution in [2.45, 2.75) is 0 Å². The number of aromatic nitrogens is 1. The number of halogens is 2. The van der Waals surface area contributed by atoms with Crippen LogP contribution in [0.1, 0.15) is 10.5 Å². The minimum Gasteiger partial charge on any atom is -0.477 e. The van der Waals surface area contributed by atoms with Gasteiger partial charge >= 0.3 is 5.97 Å². The van der Waals surface area contributed by atoms with E-state index < -0.39 is 5.97 Å². The standard InChI is InChI=1S/C9H5Cl2NO2/c10-5-3-1-2-4-6(11)8(9(13)14)12-7(4)5/h1-3,12H,(H,13,14). The van der Waals surface area contributed by atoms with E-state index >= 15 is 0 Å². The Morgan fingerprint density at radius 3 is 2.64 bits per heavy atom. The quantitative estimate of drug-likeness (QED) is 0.790. The van der Waals surface area contributed by atoms with Crippen LogP contribution in [0.25, 0.3) is 10.9 Å². The van der Waals surface area contributed by atoms with Crippen LogP contribution in [0.15, 0.2) is 18.2 Å². The van der Waals surface area contributed by atoms with E-state index in [1.165, 1.54) is 0 Å². The van der Waals surface area contributed by atoms with Gasteiger partial charge in [0.25, 0.3) is 0 Å². The van der Waals surface area contributed by atoms with Crippen molar-refractivity contribution in [3.05, 3.63) is 33.9 Å². The Kier molecular flexibility index (Phi) is 2.13. The summed E-state index contributed by atoms with van der Waals surface area (Å²) in [4.78, 5) is 13.4. The molecule has 0 saturated carbocycles. The van der Waals surface area contributed by atoms with Crippen LogP contribution in [0.3, 0.4) is 0 Å². The summed E-state index contributed by atoms with van der Waals surface area (Å²) >= 11 is 11.7. The second kappa shape index (κ2) is 3.19. The molecule has 2 N–H and O–H groups in total. The number of benzene rings is 1. The molecule has 72 valence electrons. The lowest BCUT2D eigenvalue weighted by molar-refractivity contribution is 0.0692. The van der Waals surface area contributed by atoms with Crippen LogP contribution in [0, 0.1) is 0 Å². The van der Waals surface area contributed by atoms with Gasteiger partial charge < -0.3 is 10.1 Å². The van der Waals surface area contributed by atoms with Crippen LogP contribution in [0.5, 0.6) is 0 Å². The first-order chi connectivity index (χ1) is 6.61. The molecule has 0 fully saturated rings. The fraction of sp³-hybridized carbons (Fsp3) is 0. The Morgan fingerprint density at radius 1 is 1.36 bits per heavy atom. The molecule has 0 spiro atoms. The van der Waals surface area contributed by atoms with E-state index in [4.69, 9.17) is 28.3 Å². The number of hydrogen-bond donors (Lipinski definition) is 2. The Bertz CT molecular complexity index is 519. The second-order valence-corrected chi connectivity index (χ2v) is 3.57. The smallest absolute Gasteiger partial charge is 0.353 e. The average molecular weight is 230 g/mol. The maximum absolute atomic E-state index is 10.7. The summed E-state index contributed by atoms with van der Waals surface area (Å²) in [7, 11) is 0. The molecule has 0 saturated heterocycles. The van der Waals surface area contributed by atoms with Gasteiger partial charge in [0.1, 0.15) is 5.69 Å². The lowest BCUT2D eigenvalue weighted by Crippen LogP contribution is -1.96. The van der Waals surface area contributed by atoms with E-state index in [1.54, 1.807) is 18.2 Å².